The smallest absolute Gasteiger partial charge is 0.276 e. The second-order valence-electron chi connectivity index (χ2n) is 6.85. The third-order valence-corrected chi connectivity index (χ3v) is 4.58. The Morgan fingerprint density at radius 2 is 1.67 bits per heavy atom. The number of anilines is 1. The fraction of sp³-hybridized carbons (Fsp3) is 0.304. The molecule has 2 N–H and O–H groups in total. The van der Waals surface area contributed by atoms with E-state index >= 15 is 0 Å². The molecule has 0 atom stereocenters. The molecule has 0 aliphatic carbocycles. The zero-order valence-corrected chi connectivity index (χ0v) is 20.8. The van der Waals surface area contributed by atoms with Crippen LogP contribution in [0.5, 0.6) is 0 Å². The van der Waals surface area contributed by atoms with E-state index in [0.29, 0.717) is 11.4 Å². The first-order chi connectivity index (χ1) is 14.8. The van der Waals surface area contributed by atoms with Crippen molar-refractivity contribution in [1.82, 2.24) is 20.3 Å². The van der Waals surface area contributed by atoms with E-state index in [1.165, 1.54) is 11.8 Å². The summed E-state index contributed by atoms with van der Waals surface area (Å²) in [5.74, 6) is -0.310. The van der Waals surface area contributed by atoms with Crippen molar-refractivity contribution in [3.63, 3.8) is 0 Å². The van der Waals surface area contributed by atoms with Crippen LogP contribution in [0.15, 0.2) is 61.2 Å². The summed E-state index contributed by atoms with van der Waals surface area (Å²) in [6, 6.07) is 11.7. The molecule has 3 aromatic rings. The van der Waals surface area contributed by atoms with E-state index in [0.717, 1.165) is 44.5 Å². The maximum Gasteiger partial charge on any atom is 0.276 e. The highest BCUT2D eigenvalue weighted by Gasteiger charge is 2.16. The van der Waals surface area contributed by atoms with Gasteiger partial charge in [-0.25, -0.2) is 4.98 Å². The Kier molecular flexibility index (Phi) is 16.0. The molecular formula is C23H30Cl3N5O2. The summed E-state index contributed by atoms with van der Waals surface area (Å²) in [5, 5.41) is 6.23. The molecule has 0 unspecified atom stereocenters. The zero-order valence-electron chi connectivity index (χ0n) is 18.4. The summed E-state index contributed by atoms with van der Waals surface area (Å²) in [7, 11) is 1.72. The number of hydrogen-bond acceptors (Lipinski definition) is 6. The molecular weight excluding hydrogens is 485 g/mol. The SMILES string of the molecule is COCCCNCCCc1ccc(-c2nccnc2C(=O)Nc2cccnc2)cc1.Cl.Cl.Cl. The predicted octanol–water partition coefficient (Wildman–Crippen LogP) is 4.62. The van der Waals surface area contributed by atoms with Crippen LogP contribution in [-0.2, 0) is 11.2 Å². The van der Waals surface area contributed by atoms with E-state index < -0.39 is 0 Å². The maximum atomic E-state index is 12.7. The first kappa shape index (κ1) is 30.7. The Labute approximate surface area is 213 Å². The molecule has 7 nitrogen and oxygen atoms in total. The minimum Gasteiger partial charge on any atom is -0.385 e. The number of methoxy groups -OCH3 is 1. The molecule has 0 radical (unpaired) electrons. The van der Waals surface area contributed by atoms with E-state index in [4.69, 9.17) is 4.74 Å². The Hall–Kier alpha value is -2.29. The number of benzene rings is 1. The van der Waals surface area contributed by atoms with Gasteiger partial charge in [0.05, 0.1) is 11.9 Å². The first-order valence-electron chi connectivity index (χ1n) is 10.1. The molecule has 3 rings (SSSR count). The number of aryl methyl sites for hydroxylation is 1. The van der Waals surface area contributed by atoms with Gasteiger partial charge in [0.1, 0.15) is 5.69 Å². The molecule has 180 valence electrons. The quantitative estimate of drug-likeness (QED) is 0.363. The summed E-state index contributed by atoms with van der Waals surface area (Å²) in [5.41, 5.74) is 3.58. The largest absolute Gasteiger partial charge is 0.385 e. The van der Waals surface area contributed by atoms with Crippen molar-refractivity contribution in [1.29, 1.82) is 0 Å². The van der Waals surface area contributed by atoms with Crippen molar-refractivity contribution >= 4 is 48.8 Å². The van der Waals surface area contributed by atoms with E-state index in [2.05, 4.69) is 37.7 Å². The third kappa shape index (κ3) is 10.0. The number of carbonyl (C=O) groups is 1. The van der Waals surface area contributed by atoms with Crippen molar-refractivity contribution in [2.24, 2.45) is 0 Å². The van der Waals surface area contributed by atoms with Crippen molar-refractivity contribution in [3.05, 3.63) is 72.4 Å². The van der Waals surface area contributed by atoms with E-state index in [1.54, 1.807) is 37.8 Å². The van der Waals surface area contributed by atoms with Crippen molar-refractivity contribution < 1.29 is 9.53 Å². The zero-order chi connectivity index (χ0) is 21.0. The fourth-order valence-corrected chi connectivity index (χ4v) is 3.06. The summed E-state index contributed by atoms with van der Waals surface area (Å²) in [6.45, 7) is 2.75. The Balaban J connectivity index is 0.00000341. The summed E-state index contributed by atoms with van der Waals surface area (Å²) < 4.78 is 5.04. The van der Waals surface area contributed by atoms with Crippen LogP contribution < -0.4 is 10.6 Å². The molecule has 1 amide bonds. The van der Waals surface area contributed by atoms with Gasteiger partial charge in [0.2, 0.25) is 0 Å². The van der Waals surface area contributed by atoms with Gasteiger partial charge >= 0.3 is 0 Å². The number of nitrogens with zero attached hydrogens (tertiary/aromatic N) is 3. The molecule has 10 heteroatoms. The number of rotatable bonds is 11. The lowest BCUT2D eigenvalue weighted by Gasteiger charge is -2.09. The number of hydrogen-bond donors (Lipinski definition) is 2. The highest BCUT2D eigenvalue weighted by atomic mass is 35.5. The molecule has 1 aromatic carbocycles. The van der Waals surface area contributed by atoms with Crippen LogP contribution in [0, 0.1) is 0 Å². The van der Waals surface area contributed by atoms with Crippen LogP contribution in [0.25, 0.3) is 11.3 Å². The van der Waals surface area contributed by atoms with Crippen molar-refractivity contribution in [2.45, 2.75) is 19.3 Å². The number of pyridine rings is 1. The third-order valence-electron chi connectivity index (χ3n) is 4.58. The summed E-state index contributed by atoms with van der Waals surface area (Å²) in [4.78, 5) is 25.3. The lowest BCUT2D eigenvalue weighted by Crippen LogP contribution is -2.18. The number of nitrogens with one attached hydrogen (secondary N) is 2. The van der Waals surface area contributed by atoms with Crippen LogP contribution in [0.1, 0.15) is 28.9 Å². The van der Waals surface area contributed by atoms with Crippen LogP contribution in [0.3, 0.4) is 0 Å². The number of halogens is 3. The molecule has 0 aliphatic rings. The van der Waals surface area contributed by atoms with Gasteiger partial charge in [-0.2, -0.15) is 0 Å². The standard InChI is InChI=1S/C23H27N5O2.3ClH/c1-30-16-4-13-24-11-2-5-18-7-9-19(10-8-18)21-22(27-15-14-26-21)23(29)28-20-6-3-12-25-17-20;;;/h3,6-10,12,14-15,17,24H,2,4-5,11,13,16H2,1H3,(H,28,29);3*1H. The summed E-state index contributed by atoms with van der Waals surface area (Å²) >= 11 is 0. The van der Waals surface area contributed by atoms with Gasteiger partial charge < -0.3 is 15.4 Å². The molecule has 0 spiro atoms. The molecule has 0 saturated carbocycles. The molecule has 0 fully saturated rings. The van der Waals surface area contributed by atoms with Crippen molar-refractivity contribution in [3.8, 4) is 11.3 Å². The molecule has 0 bridgehead atoms. The fourth-order valence-electron chi connectivity index (χ4n) is 3.06. The topological polar surface area (TPSA) is 89.0 Å². The average molecular weight is 515 g/mol. The van der Waals surface area contributed by atoms with Crippen molar-refractivity contribution in [2.75, 3.05) is 32.1 Å². The lowest BCUT2D eigenvalue weighted by molar-refractivity contribution is 0.102. The van der Waals surface area contributed by atoms with Gasteiger partial charge in [0.25, 0.3) is 5.91 Å². The van der Waals surface area contributed by atoms with Gasteiger partial charge in [-0.15, -0.1) is 37.2 Å². The van der Waals surface area contributed by atoms with Gasteiger partial charge in [-0.05, 0) is 50.0 Å². The molecule has 0 aliphatic heterocycles. The van der Waals surface area contributed by atoms with Crippen LogP contribution >= 0.6 is 37.2 Å². The second kappa shape index (κ2) is 17.2. The van der Waals surface area contributed by atoms with E-state index in [1.807, 2.05) is 12.1 Å². The lowest BCUT2D eigenvalue weighted by atomic mass is 10.0. The van der Waals surface area contributed by atoms with Crippen LogP contribution in [0.4, 0.5) is 5.69 Å². The Morgan fingerprint density at radius 3 is 2.36 bits per heavy atom. The highest BCUT2D eigenvalue weighted by Crippen LogP contribution is 2.21. The summed E-state index contributed by atoms with van der Waals surface area (Å²) in [6.07, 6.45) is 9.45. The number of ether oxygens (including phenoxy) is 1. The monoisotopic (exact) mass is 513 g/mol. The van der Waals surface area contributed by atoms with E-state index in [-0.39, 0.29) is 48.8 Å². The highest BCUT2D eigenvalue weighted by molar-refractivity contribution is 6.06. The number of aromatic nitrogens is 3. The molecule has 2 heterocycles. The normalized spacial score (nSPS) is 9.73. The second-order valence-corrected chi connectivity index (χ2v) is 6.85. The van der Waals surface area contributed by atoms with Crippen LogP contribution in [-0.4, -0.2) is 47.7 Å². The van der Waals surface area contributed by atoms with Gasteiger partial charge in [-0.3, -0.25) is 14.8 Å². The molecule has 33 heavy (non-hydrogen) atoms. The number of amides is 1. The average Bonchev–Trinajstić information content (AvgIpc) is 2.79. The Morgan fingerprint density at radius 1 is 0.939 bits per heavy atom. The van der Waals surface area contributed by atoms with Gasteiger partial charge in [0, 0.05) is 37.9 Å². The Bertz CT molecular complexity index is 931. The minimum atomic E-state index is -0.310. The number of carbonyl (C=O) groups excluding carboxylic acids is 1. The first-order valence-corrected chi connectivity index (χ1v) is 10.1. The minimum absolute atomic E-state index is 0. The van der Waals surface area contributed by atoms with Gasteiger partial charge in [-0.1, -0.05) is 24.3 Å². The molecule has 2 aromatic heterocycles. The van der Waals surface area contributed by atoms with Gasteiger partial charge in [0.15, 0.2) is 5.69 Å². The van der Waals surface area contributed by atoms with E-state index in [9.17, 15) is 4.79 Å². The maximum absolute atomic E-state index is 12.7. The van der Waals surface area contributed by atoms with Crippen LogP contribution in [0.2, 0.25) is 0 Å². The predicted molar refractivity (Wildman–Crippen MR) is 139 cm³/mol. The molecule has 0 saturated heterocycles.